The van der Waals surface area contributed by atoms with Gasteiger partial charge in [0.25, 0.3) is 0 Å². The van der Waals surface area contributed by atoms with Gasteiger partial charge in [0, 0.05) is 18.0 Å². The van der Waals surface area contributed by atoms with Crippen LogP contribution in [0.3, 0.4) is 0 Å². The number of hydrogen-bond acceptors (Lipinski definition) is 4. The lowest BCUT2D eigenvalue weighted by molar-refractivity contribution is -0.141. The fraction of sp³-hybridized carbons (Fsp3) is 0.286. The van der Waals surface area contributed by atoms with Crippen LogP contribution in [0.4, 0.5) is 0 Å². The summed E-state index contributed by atoms with van der Waals surface area (Å²) in [5.74, 6) is 0.403. The molecule has 0 atom stereocenters. The highest BCUT2D eigenvalue weighted by Gasteiger charge is 2.14. The van der Waals surface area contributed by atoms with Crippen molar-refractivity contribution in [1.82, 2.24) is 14.9 Å². The van der Waals surface area contributed by atoms with Crippen LogP contribution in [0.2, 0.25) is 5.02 Å². The number of aryl methyl sites for hydroxylation is 1. The lowest BCUT2D eigenvalue weighted by atomic mass is 10.1. The van der Waals surface area contributed by atoms with Gasteiger partial charge in [-0.1, -0.05) is 41.9 Å². The van der Waals surface area contributed by atoms with Gasteiger partial charge >= 0.3 is 5.97 Å². The van der Waals surface area contributed by atoms with Gasteiger partial charge in [0.05, 0.1) is 24.6 Å². The molecule has 1 aromatic heterocycles. The average Bonchev–Trinajstić information content (AvgIpc) is 3.04. The molecular formula is C21H22ClN3O3. The molecule has 6 nitrogen and oxygen atoms in total. The summed E-state index contributed by atoms with van der Waals surface area (Å²) in [6.07, 6.45) is 1.59. The molecular weight excluding hydrogens is 378 g/mol. The Morgan fingerprint density at radius 3 is 2.68 bits per heavy atom. The predicted octanol–water partition coefficient (Wildman–Crippen LogP) is 3.15. The van der Waals surface area contributed by atoms with E-state index in [2.05, 4.69) is 10.3 Å². The minimum atomic E-state index is -0.322. The molecule has 0 radical (unpaired) electrons. The number of methoxy groups -OCH3 is 1. The van der Waals surface area contributed by atoms with Gasteiger partial charge in [0.1, 0.15) is 12.4 Å². The molecule has 0 bridgehead atoms. The normalized spacial score (nSPS) is 10.8. The molecule has 0 unspecified atom stereocenters. The molecule has 146 valence electrons. The SMILES string of the molecule is COC(=O)Cn1c(CCCNC(=O)Cc2ccccc2Cl)nc2ccccc21. The van der Waals surface area contributed by atoms with Crippen LogP contribution in [-0.2, 0) is 33.7 Å². The second-order valence-corrected chi connectivity index (χ2v) is 6.81. The smallest absolute Gasteiger partial charge is 0.325 e. The molecule has 0 saturated heterocycles. The topological polar surface area (TPSA) is 73.2 Å². The lowest BCUT2D eigenvalue weighted by Gasteiger charge is -2.09. The first-order valence-electron chi connectivity index (χ1n) is 9.09. The number of nitrogens with one attached hydrogen (secondary N) is 1. The van der Waals surface area contributed by atoms with Crippen molar-refractivity contribution in [3.63, 3.8) is 0 Å². The molecule has 1 heterocycles. The van der Waals surface area contributed by atoms with Gasteiger partial charge in [0.15, 0.2) is 0 Å². The number of hydrogen-bond donors (Lipinski definition) is 1. The maximum Gasteiger partial charge on any atom is 0.325 e. The lowest BCUT2D eigenvalue weighted by Crippen LogP contribution is -2.26. The number of para-hydroxylation sites is 2. The number of carbonyl (C=O) groups excluding carboxylic acids is 2. The number of nitrogens with zero attached hydrogens (tertiary/aromatic N) is 2. The second kappa shape index (κ2) is 9.37. The molecule has 0 fully saturated rings. The van der Waals surface area contributed by atoms with Gasteiger partial charge in [-0.3, -0.25) is 9.59 Å². The van der Waals surface area contributed by atoms with E-state index in [0.29, 0.717) is 24.4 Å². The van der Waals surface area contributed by atoms with Crippen molar-refractivity contribution in [3.05, 3.63) is 64.9 Å². The first-order valence-corrected chi connectivity index (χ1v) is 9.47. The Morgan fingerprint density at radius 2 is 1.89 bits per heavy atom. The summed E-state index contributed by atoms with van der Waals surface area (Å²) in [6.45, 7) is 0.635. The molecule has 3 aromatic rings. The zero-order chi connectivity index (χ0) is 19.9. The van der Waals surface area contributed by atoms with Gasteiger partial charge in [-0.25, -0.2) is 4.98 Å². The number of esters is 1. The third-order valence-electron chi connectivity index (χ3n) is 4.46. The van der Waals surface area contributed by atoms with Gasteiger partial charge in [-0.05, 0) is 30.2 Å². The largest absolute Gasteiger partial charge is 0.468 e. The highest BCUT2D eigenvalue weighted by molar-refractivity contribution is 6.31. The van der Waals surface area contributed by atoms with E-state index in [1.807, 2.05) is 47.0 Å². The number of amides is 1. The highest BCUT2D eigenvalue weighted by atomic mass is 35.5. The van der Waals surface area contributed by atoms with E-state index < -0.39 is 0 Å². The molecule has 0 aliphatic carbocycles. The Bertz CT molecular complexity index is 984. The number of rotatable bonds is 8. The van der Waals surface area contributed by atoms with Crippen LogP contribution in [0.15, 0.2) is 48.5 Å². The summed E-state index contributed by atoms with van der Waals surface area (Å²) in [5, 5.41) is 3.50. The fourth-order valence-electron chi connectivity index (χ4n) is 3.04. The molecule has 0 aliphatic heterocycles. The minimum absolute atomic E-state index is 0.0730. The van der Waals surface area contributed by atoms with Gasteiger partial charge < -0.3 is 14.6 Å². The van der Waals surface area contributed by atoms with E-state index in [4.69, 9.17) is 16.3 Å². The first-order chi connectivity index (χ1) is 13.6. The molecule has 1 amide bonds. The maximum atomic E-state index is 12.1. The zero-order valence-corrected chi connectivity index (χ0v) is 16.4. The number of aromatic nitrogens is 2. The van der Waals surface area contributed by atoms with Crippen molar-refractivity contribution < 1.29 is 14.3 Å². The number of benzene rings is 2. The van der Waals surface area contributed by atoms with E-state index in [-0.39, 0.29) is 24.8 Å². The monoisotopic (exact) mass is 399 g/mol. The highest BCUT2D eigenvalue weighted by Crippen LogP contribution is 2.17. The Balaban J connectivity index is 1.58. The number of halogens is 1. The Labute approximate surface area is 168 Å². The van der Waals surface area contributed by atoms with E-state index in [0.717, 1.165) is 22.4 Å². The number of ether oxygens (including phenoxy) is 1. The molecule has 28 heavy (non-hydrogen) atoms. The van der Waals surface area contributed by atoms with Crippen LogP contribution >= 0.6 is 11.6 Å². The molecule has 0 spiro atoms. The van der Waals surface area contributed by atoms with Crippen LogP contribution < -0.4 is 5.32 Å². The van der Waals surface area contributed by atoms with Crippen molar-refractivity contribution in [3.8, 4) is 0 Å². The summed E-state index contributed by atoms with van der Waals surface area (Å²) in [7, 11) is 1.37. The van der Waals surface area contributed by atoms with Crippen molar-refractivity contribution >= 4 is 34.5 Å². The zero-order valence-electron chi connectivity index (χ0n) is 15.7. The van der Waals surface area contributed by atoms with Gasteiger partial charge in [-0.2, -0.15) is 0 Å². The Kier molecular flexibility index (Phi) is 6.66. The summed E-state index contributed by atoms with van der Waals surface area (Å²) < 4.78 is 6.66. The van der Waals surface area contributed by atoms with E-state index >= 15 is 0 Å². The van der Waals surface area contributed by atoms with Gasteiger partial charge in [-0.15, -0.1) is 0 Å². The number of fused-ring (bicyclic) bond motifs is 1. The molecule has 0 aliphatic rings. The van der Waals surface area contributed by atoms with Crippen LogP contribution in [0.1, 0.15) is 17.8 Å². The first kappa shape index (κ1) is 19.9. The van der Waals surface area contributed by atoms with Gasteiger partial charge in [0.2, 0.25) is 5.91 Å². The summed E-state index contributed by atoms with van der Waals surface area (Å²) in [6, 6.07) is 15.0. The van der Waals surface area contributed by atoms with E-state index in [9.17, 15) is 9.59 Å². The van der Waals surface area contributed by atoms with E-state index in [1.54, 1.807) is 6.07 Å². The van der Waals surface area contributed by atoms with Crippen molar-refractivity contribution in [2.24, 2.45) is 0 Å². The average molecular weight is 400 g/mol. The van der Waals surface area contributed by atoms with Crippen molar-refractivity contribution in [1.29, 1.82) is 0 Å². The Morgan fingerprint density at radius 1 is 1.14 bits per heavy atom. The molecule has 2 aromatic carbocycles. The maximum absolute atomic E-state index is 12.1. The molecule has 1 N–H and O–H groups in total. The summed E-state index contributed by atoms with van der Waals surface area (Å²) in [5.41, 5.74) is 2.54. The standard InChI is InChI=1S/C21H22ClN3O3/c1-28-21(27)14-25-18-10-5-4-9-17(18)24-19(25)11-6-12-23-20(26)13-15-7-2-3-8-16(15)22/h2-5,7-10H,6,11-14H2,1H3,(H,23,26). The van der Waals surface area contributed by atoms with Crippen LogP contribution in [0.5, 0.6) is 0 Å². The summed E-state index contributed by atoms with van der Waals surface area (Å²) in [4.78, 5) is 28.5. The van der Waals surface area contributed by atoms with Crippen LogP contribution in [0.25, 0.3) is 11.0 Å². The van der Waals surface area contributed by atoms with E-state index in [1.165, 1.54) is 7.11 Å². The molecule has 7 heteroatoms. The van der Waals surface area contributed by atoms with Crippen LogP contribution in [0, 0.1) is 0 Å². The third kappa shape index (κ3) is 4.89. The molecule has 3 rings (SSSR count). The Hall–Kier alpha value is -2.86. The van der Waals surface area contributed by atoms with Crippen molar-refractivity contribution in [2.75, 3.05) is 13.7 Å². The quantitative estimate of drug-likeness (QED) is 0.466. The second-order valence-electron chi connectivity index (χ2n) is 6.40. The van der Waals surface area contributed by atoms with Crippen LogP contribution in [-0.4, -0.2) is 35.1 Å². The third-order valence-corrected chi connectivity index (χ3v) is 4.83. The minimum Gasteiger partial charge on any atom is -0.468 e. The molecule has 0 saturated carbocycles. The predicted molar refractivity (Wildman–Crippen MR) is 108 cm³/mol. The fourth-order valence-corrected chi connectivity index (χ4v) is 3.24. The summed E-state index contributed by atoms with van der Waals surface area (Å²) >= 11 is 6.09. The number of imidazole rings is 1. The van der Waals surface area contributed by atoms with Crippen molar-refractivity contribution in [2.45, 2.75) is 25.8 Å². The number of carbonyl (C=O) groups is 2.